The Morgan fingerprint density at radius 1 is 0.750 bits per heavy atom. The first kappa shape index (κ1) is 29.3. The Bertz CT molecular complexity index is 312. The van der Waals surface area contributed by atoms with Crippen LogP contribution >= 0.6 is 0 Å². The number of hydrogen-bond acceptors (Lipinski definition) is 2. The normalized spacial score (nSPS) is 15.2. The minimum absolute atomic E-state index is 0. The van der Waals surface area contributed by atoms with Crippen molar-refractivity contribution in [3.8, 4) is 0 Å². The molecule has 2 unspecified atom stereocenters. The Kier molecular flexibility index (Phi) is 14.7. The molecule has 0 amide bonds. The lowest BCUT2D eigenvalue weighted by Gasteiger charge is -2.38. The maximum atomic E-state index is 6.61. The molecular weight excluding hydrogens is 344 g/mol. The van der Waals surface area contributed by atoms with Crippen LogP contribution < -0.4 is 0 Å². The highest BCUT2D eigenvalue weighted by Gasteiger charge is 2.38. The van der Waals surface area contributed by atoms with Crippen LogP contribution in [-0.4, -0.2) is 25.2 Å². The van der Waals surface area contributed by atoms with Gasteiger partial charge in [-0.2, -0.15) is 0 Å². The fraction of sp³-hybridized carbons (Fsp3) is 1.00. The van der Waals surface area contributed by atoms with Crippen LogP contribution in [0, 0.1) is 11.8 Å². The van der Waals surface area contributed by atoms with Crippen molar-refractivity contribution in [2.45, 2.75) is 113 Å². The van der Waals surface area contributed by atoms with Crippen LogP contribution in [0.1, 0.15) is 61.3 Å². The molecule has 2 nitrogen and oxygen atoms in total. The fourth-order valence-electron chi connectivity index (χ4n) is 3.43. The summed E-state index contributed by atoms with van der Waals surface area (Å²) in [4.78, 5) is 0. The highest BCUT2D eigenvalue weighted by molar-refractivity contribution is 6.87. The van der Waals surface area contributed by atoms with Gasteiger partial charge < -0.3 is 8.23 Å². The van der Waals surface area contributed by atoms with Crippen molar-refractivity contribution < 1.29 is 8.23 Å². The van der Waals surface area contributed by atoms with Crippen LogP contribution in [0.5, 0.6) is 0 Å². The van der Waals surface area contributed by atoms with Gasteiger partial charge in [-0.25, -0.2) is 0 Å². The molecule has 0 aromatic carbocycles. The van der Waals surface area contributed by atoms with Gasteiger partial charge in [-0.1, -0.05) is 61.3 Å². The zero-order valence-electron chi connectivity index (χ0n) is 17.0. The maximum absolute atomic E-state index is 6.61. The minimum Gasteiger partial charge on any atom is -0.437 e. The van der Waals surface area contributed by atoms with Crippen LogP contribution in [0.25, 0.3) is 0 Å². The van der Waals surface area contributed by atoms with E-state index in [-0.39, 0.29) is 14.9 Å². The summed E-state index contributed by atoms with van der Waals surface area (Å²) in [7, 11) is -5.11. The molecule has 0 radical (unpaired) electrons. The molecular formula is C19H50O2Si3. The molecule has 0 fully saturated rings. The lowest BCUT2D eigenvalue weighted by Crippen LogP contribution is -2.51. The summed E-state index contributed by atoms with van der Waals surface area (Å²) in [5, 5.41) is 0. The van der Waals surface area contributed by atoms with Crippen LogP contribution in [0.2, 0.25) is 51.9 Å². The minimum atomic E-state index is -1.97. The molecule has 0 aromatic heterocycles. The van der Waals surface area contributed by atoms with Crippen LogP contribution in [0.4, 0.5) is 0 Å². The Morgan fingerprint density at radius 3 is 1.62 bits per heavy atom. The van der Waals surface area contributed by atoms with E-state index in [0.717, 1.165) is 11.8 Å². The molecule has 0 saturated carbocycles. The number of rotatable bonds is 11. The van der Waals surface area contributed by atoms with E-state index in [2.05, 4.69) is 66.6 Å². The average molecular weight is 395 g/mol. The van der Waals surface area contributed by atoms with Gasteiger partial charge in [0.2, 0.25) is 0 Å². The van der Waals surface area contributed by atoms with Gasteiger partial charge in [-0.15, -0.1) is 0 Å². The highest BCUT2D eigenvalue weighted by atomic mass is 28.5. The van der Waals surface area contributed by atoms with Crippen LogP contribution in [0.3, 0.4) is 0 Å². The van der Waals surface area contributed by atoms with Gasteiger partial charge in [0.25, 0.3) is 0 Å². The summed E-state index contributed by atoms with van der Waals surface area (Å²) < 4.78 is 13.0. The zero-order chi connectivity index (χ0) is 17.6. The monoisotopic (exact) mass is 394 g/mol. The molecule has 0 rings (SSSR count). The van der Waals surface area contributed by atoms with Crippen molar-refractivity contribution in [1.29, 1.82) is 0 Å². The molecule has 0 aliphatic carbocycles. The Balaban J connectivity index is -0.00000220. The van der Waals surface area contributed by atoms with Crippen molar-refractivity contribution in [3.05, 3.63) is 0 Å². The number of hydrogen-bond donors (Lipinski definition) is 0. The van der Waals surface area contributed by atoms with Gasteiger partial charge >= 0.3 is 8.56 Å². The smallest absolute Gasteiger partial charge is 0.311 e. The van der Waals surface area contributed by atoms with Crippen molar-refractivity contribution >= 4 is 25.2 Å². The molecule has 2 atom stereocenters. The zero-order valence-corrected chi connectivity index (χ0v) is 20.0. The molecule has 0 aliphatic rings. The lowest BCUT2D eigenvalue weighted by molar-refractivity contribution is 0.381. The molecule has 24 heavy (non-hydrogen) atoms. The Labute approximate surface area is 158 Å². The third-order valence-corrected chi connectivity index (χ3v) is 14.3. The van der Waals surface area contributed by atoms with Gasteiger partial charge in [-0.3, -0.25) is 0 Å². The first-order chi connectivity index (χ1) is 9.76. The van der Waals surface area contributed by atoms with E-state index in [1.54, 1.807) is 0 Å². The van der Waals surface area contributed by atoms with E-state index in [1.807, 2.05) is 0 Å². The van der Waals surface area contributed by atoms with Crippen molar-refractivity contribution in [3.63, 3.8) is 0 Å². The molecule has 0 heterocycles. The van der Waals surface area contributed by atoms with E-state index < -0.39 is 25.2 Å². The quantitative estimate of drug-likeness (QED) is 0.332. The summed E-state index contributed by atoms with van der Waals surface area (Å²) >= 11 is 0. The third-order valence-electron chi connectivity index (χ3n) is 4.00. The van der Waals surface area contributed by atoms with Crippen molar-refractivity contribution in [2.75, 3.05) is 0 Å². The molecule has 0 spiro atoms. The SMILES string of the molecule is C.C.CCC(C)CCCC(C)C[Si](C)(C)O[Si](C)(C)O[Si](C)(C)C. The third kappa shape index (κ3) is 16.1. The van der Waals surface area contributed by atoms with E-state index in [1.165, 1.54) is 31.7 Å². The van der Waals surface area contributed by atoms with Gasteiger partial charge in [0.15, 0.2) is 16.6 Å². The highest BCUT2D eigenvalue weighted by Crippen LogP contribution is 2.28. The molecule has 0 bridgehead atoms. The molecule has 0 aliphatic heterocycles. The fourth-order valence-corrected chi connectivity index (χ4v) is 17.4. The van der Waals surface area contributed by atoms with Crippen LogP contribution in [0.15, 0.2) is 0 Å². The molecule has 0 saturated heterocycles. The predicted octanol–water partition coefficient (Wildman–Crippen LogP) is 7.89. The summed E-state index contributed by atoms with van der Waals surface area (Å²) in [5.74, 6) is 1.66. The molecule has 5 heteroatoms. The van der Waals surface area contributed by atoms with Crippen LogP contribution in [-0.2, 0) is 8.23 Å². The summed E-state index contributed by atoms with van der Waals surface area (Å²) in [6.45, 7) is 23.1. The molecule has 150 valence electrons. The van der Waals surface area contributed by atoms with Crippen molar-refractivity contribution in [1.82, 2.24) is 0 Å². The maximum Gasteiger partial charge on any atom is 0.311 e. The standard InChI is InChI=1S/C17H42O2Si3.2CH4/c1-11-16(2)13-12-14-17(3)15-21(7,8)19-22(9,10)18-20(4,5)6;;/h16-17H,11-15H2,1-10H3;2*1H4. The van der Waals surface area contributed by atoms with Gasteiger partial charge in [-0.05, 0) is 63.7 Å². The second-order valence-electron chi connectivity index (χ2n) is 9.23. The lowest BCUT2D eigenvalue weighted by atomic mass is 9.98. The topological polar surface area (TPSA) is 18.5 Å². The first-order valence-corrected chi connectivity index (χ1v) is 18.5. The predicted molar refractivity (Wildman–Crippen MR) is 121 cm³/mol. The van der Waals surface area contributed by atoms with Crippen molar-refractivity contribution in [2.24, 2.45) is 11.8 Å². The molecule has 0 aromatic rings. The van der Waals surface area contributed by atoms with E-state index in [0.29, 0.717) is 0 Å². The van der Waals surface area contributed by atoms with E-state index in [4.69, 9.17) is 8.23 Å². The Morgan fingerprint density at radius 2 is 1.21 bits per heavy atom. The summed E-state index contributed by atoms with van der Waals surface area (Å²) in [6.07, 6.45) is 5.40. The van der Waals surface area contributed by atoms with Gasteiger partial charge in [0.1, 0.15) is 0 Å². The molecule has 0 N–H and O–H groups in total. The second-order valence-corrected chi connectivity index (χ2v) is 21.8. The van der Waals surface area contributed by atoms with Gasteiger partial charge in [0, 0.05) is 0 Å². The largest absolute Gasteiger partial charge is 0.437 e. The summed E-state index contributed by atoms with van der Waals surface area (Å²) in [5.41, 5.74) is 0. The van der Waals surface area contributed by atoms with E-state index in [9.17, 15) is 0 Å². The first-order valence-electron chi connectivity index (χ1n) is 9.16. The van der Waals surface area contributed by atoms with Gasteiger partial charge in [0.05, 0.1) is 0 Å². The van der Waals surface area contributed by atoms with E-state index >= 15 is 0 Å². The summed E-state index contributed by atoms with van der Waals surface area (Å²) in [6, 6.07) is 1.26. The Hall–Kier alpha value is 0.571. The average Bonchev–Trinajstić information content (AvgIpc) is 2.22. The second kappa shape index (κ2) is 12.0.